The fourth-order valence-electron chi connectivity index (χ4n) is 1.71. The van der Waals surface area contributed by atoms with Gasteiger partial charge in [-0.2, -0.15) is 5.10 Å². The summed E-state index contributed by atoms with van der Waals surface area (Å²) in [5, 5.41) is 15.3. The molecule has 0 atom stereocenters. The number of pyridine rings is 1. The molecule has 20 heavy (non-hydrogen) atoms. The van der Waals surface area contributed by atoms with Crippen molar-refractivity contribution in [3.63, 3.8) is 0 Å². The van der Waals surface area contributed by atoms with E-state index in [0.717, 1.165) is 0 Å². The van der Waals surface area contributed by atoms with Crippen molar-refractivity contribution >= 4 is 11.9 Å². The van der Waals surface area contributed by atoms with Gasteiger partial charge >= 0.3 is 5.97 Å². The molecule has 0 bridgehead atoms. The molecule has 0 saturated heterocycles. The second-order valence-corrected chi connectivity index (χ2v) is 4.23. The molecule has 2 heterocycles. The highest BCUT2D eigenvalue weighted by Crippen LogP contribution is 2.09. The third-order valence-corrected chi connectivity index (χ3v) is 2.73. The van der Waals surface area contributed by atoms with Gasteiger partial charge in [0.05, 0.1) is 17.8 Å². The SMILES string of the molecule is Cc1nc(C(=O)N(C)Cc2ncn[nH]2)ccc1C(=O)O. The van der Waals surface area contributed by atoms with Crippen LogP contribution in [0.15, 0.2) is 18.5 Å². The van der Waals surface area contributed by atoms with Crippen LogP contribution in [0.4, 0.5) is 0 Å². The van der Waals surface area contributed by atoms with Crippen LogP contribution >= 0.6 is 0 Å². The van der Waals surface area contributed by atoms with Crippen LogP contribution in [0.1, 0.15) is 32.4 Å². The van der Waals surface area contributed by atoms with E-state index in [4.69, 9.17) is 5.11 Å². The van der Waals surface area contributed by atoms with Crippen molar-refractivity contribution in [1.82, 2.24) is 25.1 Å². The maximum atomic E-state index is 12.2. The van der Waals surface area contributed by atoms with Gasteiger partial charge < -0.3 is 10.0 Å². The van der Waals surface area contributed by atoms with Gasteiger partial charge in [-0.3, -0.25) is 9.89 Å². The molecule has 8 nitrogen and oxygen atoms in total. The van der Waals surface area contributed by atoms with E-state index >= 15 is 0 Å². The fraction of sp³-hybridized carbons (Fsp3) is 0.250. The summed E-state index contributed by atoms with van der Waals surface area (Å²) in [5.74, 6) is -0.829. The Morgan fingerprint density at radius 1 is 1.40 bits per heavy atom. The maximum absolute atomic E-state index is 12.2. The highest BCUT2D eigenvalue weighted by molar-refractivity contribution is 5.94. The van der Waals surface area contributed by atoms with Crippen molar-refractivity contribution in [2.24, 2.45) is 0 Å². The third kappa shape index (κ3) is 2.79. The molecule has 0 unspecified atom stereocenters. The lowest BCUT2D eigenvalue weighted by molar-refractivity contribution is 0.0692. The third-order valence-electron chi connectivity index (χ3n) is 2.73. The molecule has 8 heteroatoms. The summed E-state index contributed by atoms with van der Waals surface area (Å²) in [4.78, 5) is 32.4. The predicted octanol–water partition coefficient (Wildman–Crippen LogP) is 0.479. The van der Waals surface area contributed by atoms with E-state index in [-0.39, 0.29) is 23.7 Å². The molecule has 0 saturated carbocycles. The molecular weight excluding hydrogens is 262 g/mol. The summed E-state index contributed by atoms with van der Waals surface area (Å²) in [6, 6.07) is 2.77. The number of aryl methyl sites for hydroxylation is 1. The number of H-pyrrole nitrogens is 1. The average Bonchev–Trinajstić information content (AvgIpc) is 2.90. The summed E-state index contributed by atoms with van der Waals surface area (Å²) >= 11 is 0. The zero-order chi connectivity index (χ0) is 14.7. The number of hydrogen-bond donors (Lipinski definition) is 2. The number of carbonyl (C=O) groups is 2. The summed E-state index contributed by atoms with van der Waals surface area (Å²) in [7, 11) is 1.60. The summed E-state index contributed by atoms with van der Waals surface area (Å²) in [6.07, 6.45) is 1.36. The number of amides is 1. The van der Waals surface area contributed by atoms with Gasteiger partial charge in [0.2, 0.25) is 0 Å². The number of nitrogens with zero attached hydrogens (tertiary/aromatic N) is 4. The molecule has 2 aromatic rings. The molecule has 0 spiro atoms. The largest absolute Gasteiger partial charge is 0.478 e. The normalized spacial score (nSPS) is 10.3. The van der Waals surface area contributed by atoms with Crippen molar-refractivity contribution < 1.29 is 14.7 Å². The van der Waals surface area contributed by atoms with Gasteiger partial charge in [0.15, 0.2) is 0 Å². The Hall–Kier alpha value is -2.77. The van der Waals surface area contributed by atoms with Gasteiger partial charge in [-0.1, -0.05) is 0 Å². The second kappa shape index (κ2) is 5.47. The summed E-state index contributed by atoms with van der Waals surface area (Å²) in [5.41, 5.74) is 0.574. The first-order valence-electron chi connectivity index (χ1n) is 5.79. The van der Waals surface area contributed by atoms with Crippen LogP contribution in [0.5, 0.6) is 0 Å². The van der Waals surface area contributed by atoms with Crippen LogP contribution in [0.25, 0.3) is 0 Å². The number of nitrogens with one attached hydrogen (secondary N) is 1. The molecule has 2 rings (SSSR count). The van der Waals surface area contributed by atoms with E-state index in [1.165, 1.54) is 23.4 Å². The Labute approximate surface area is 114 Å². The van der Waals surface area contributed by atoms with Gasteiger partial charge in [0.1, 0.15) is 17.8 Å². The lowest BCUT2D eigenvalue weighted by Gasteiger charge is -2.15. The molecule has 0 aliphatic heterocycles. The Balaban J connectivity index is 2.16. The van der Waals surface area contributed by atoms with E-state index in [1.54, 1.807) is 14.0 Å². The molecule has 0 fully saturated rings. The van der Waals surface area contributed by atoms with Gasteiger partial charge in [0, 0.05) is 7.05 Å². The monoisotopic (exact) mass is 275 g/mol. The first kappa shape index (κ1) is 13.7. The maximum Gasteiger partial charge on any atom is 0.337 e. The van der Waals surface area contributed by atoms with Gasteiger partial charge in [-0.25, -0.2) is 14.8 Å². The Bertz CT molecular complexity index is 639. The van der Waals surface area contributed by atoms with Crippen molar-refractivity contribution in [3.8, 4) is 0 Å². The van der Waals surface area contributed by atoms with Crippen LogP contribution in [0.3, 0.4) is 0 Å². The number of carboxylic acid groups (broad SMARTS) is 1. The summed E-state index contributed by atoms with van der Waals surface area (Å²) in [6.45, 7) is 1.82. The molecule has 104 valence electrons. The lowest BCUT2D eigenvalue weighted by Crippen LogP contribution is -2.28. The minimum atomic E-state index is -1.07. The van der Waals surface area contributed by atoms with Crippen molar-refractivity contribution in [2.45, 2.75) is 13.5 Å². The standard InChI is InChI=1S/C12H13N5O3/c1-7-8(12(19)20)3-4-9(15-7)11(18)17(2)5-10-13-6-14-16-10/h3-4,6H,5H2,1-2H3,(H,19,20)(H,13,14,16). The number of carbonyl (C=O) groups excluding carboxylic acids is 1. The molecule has 0 aliphatic rings. The van der Waals surface area contributed by atoms with Crippen molar-refractivity contribution in [1.29, 1.82) is 0 Å². The van der Waals surface area contributed by atoms with Crippen molar-refractivity contribution in [2.75, 3.05) is 7.05 Å². The van der Waals surface area contributed by atoms with Crippen LogP contribution < -0.4 is 0 Å². The lowest BCUT2D eigenvalue weighted by atomic mass is 10.2. The molecular formula is C12H13N5O3. The topological polar surface area (TPSA) is 112 Å². The number of aromatic amines is 1. The van der Waals surface area contributed by atoms with E-state index in [2.05, 4.69) is 20.2 Å². The van der Waals surface area contributed by atoms with Gasteiger partial charge in [0.25, 0.3) is 5.91 Å². The van der Waals surface area contributed by atoms with Crippen LogP contribution in [0, 0.1) is 6.92 Å². The number of carboxylic acids is 1. The molecule has 2 N–H and O–H groups in total. The Kier molecular flexibility index (Phi) is 3.74. The van der Waals surface area contributed by atoms with Crippen LogP contribution in [-0.4, -0.2) is 49.1 Å². The number of aromatic carboxylic acids is 1. The molecule has 0 radical (unpaired) electrons. The van der Waals surface area contributed by atoms with Crippen LogP contribution in [-0.2, 0) is 6.54 Å². The first-order chi connectivity index (χ1) is 9.49. The van der Waals surface area contributed by atoms with E-state index in [0.29, 0.717) is 11.5 Å². The van der Waals surface area contributed by atoms with Crippen LogP contribution in [0.2, 0.25) is 0 Å². The zero-order valence-electron chi connectivity index (χ0n) is 11.0. The smallest absolute Gasteiger partial charge is 0.337 e. The Morgan fingerprint density at radius 3 is 2.70 bits per heavy atom. The minimum Gasteiger partial charge on any atom is -0.478 e. The highest BCUT2D eigenvalue weighted by Gasteiger charge is 2.17. The Morgan fingerprint density at radius 2 is 2.15 bits per heavy atom. The van der Waals surface area contributed by atoms with E-state index in [9.17, 15) is 9.59 Å². The second-order valence-electron chi connectivity index (χ2n) is 4.23. The predicted molar refractivity (Wildman–Crippen MR) is 68.1 cm³/mol. The molecule has 0 aromatic carbocycles. The van der Waals surface area contributed by atoms with Gasteiger partial charge in [-0.05, 0) is 19.1 Å². The molecule has 2 aromatic heterocycles. The minimum absolute atomic E-state index is 0.0828. The van der Waals surface area contributed by atoms with Gasteiger partial charge in [-0.15, -0.1) is 0 Å². The summed E-state index contributed by atoms with van der Waals surface area (Å²) < 4.78 is 0. The van der Waals surface area contributed by atoms with E-state index in [1.807, 2.05) is 0 Å². The van der Waals surface area contributed by atoms with E-state index < -0.39 is 5.97 Å². The fourth-order valence-corrected chi connectivity index (χ4v) is 1.71. The number of aromatic nitrogens is 4. The number of rotatable bonds is 4. The zero-order valence-corrected chi connectivity index (χ0v) is 11.0. The quantitative estimate of drug-likeness (QED) is 0.839. The number of hydrogen-bond acceptors (Lipinski definition) is 5. The first-order valence-corrected chi connectivity index (χ1v) is 5.79. The molecule has 1 amide bonds. The highest BCUT2D eigenvalue weighted by atomic mass is 16.4. The van der Waals surface area contributed by atoms with Crippen molar-refractivity contribution in [3.05, 3.63) is 41.2 Å². The molecule has 0 aliphatic carbocycles. The average molecular weight is 275 g/mol.